The van der Waals surface area contributed by atoms with Crippen molar-refractivity contribution in [3.05, 3.63) is 72.8 Å². The molecule has 4 aromatic rings. The van der Waals surface area contributed by atoms with Gasteiger partial charge in [-0.25, -0.2) is 16.8 Å². The topological polar surface area (TPSA) is 177 Å². The Hall–Kier alpha value is -3.55. The first-order valence-electron chi connectivity index (χ1n) is 16.2. The Morgan fingerprint density at radius 2 is 1.00 bits per heavy atom. The average molecular weight is 854 g/mol. The number of hydrogen-bond acceptors (Lipinski definition) is 9. The third-order valence-electron chi connectivity index (χ3n) is 8.53. The van der Waals surface area contributed by atoms with Crippen LogP contribution in [0.1, 0.15) is 19.3 Å². The minimum absolute atomic E-state index is 0.0440. The van der Waals surface area contributed by atoms with Crippen LogP contribution in [0.3, 0.4) is 0 Å². The second kappa shape index (κ2) is 17.3. The molecule has 0 bridgehead atoms. The molecule has 0 aliphatic carbocycles. The molecule has 51 heavy (non-hydrogen) atoms. The lowest BCUT2D eigenvalue weighted by Gasteiger charge is -2.26. The van der Waals surface area contributed by atoms with Crippen molar-refractivity contribution in [3.63, 3.8) is 0 Å². The molecule has 0 amide bonds. The highest BCUT2D eigenvalue weighted by atomic mass is 127. The van der Waals surface area contributed by atoms with Crippen LogP contribution in [0.25, 0.3) is 21.5 Å². The van der Waals surface area contributed by atoms with Crippen molar-refractivity contribution in [1.82, 2.24) is 14.3 Å². The first-order valence-corrected chi connectivity index (χ1v) is 20.7. The van der Waals surface area contributed by atoms with Gasteiger partial charge < -0.3 is 24.9 Å². The first kappa shape index (κ1) is 40.2. The lowest BCUT2D eigenvalue weighted by molar-refractivity contribution is -0.139. The molecule has 0 fully saturated rings. The number of carbonyl (C=O) groups is 2. The second-order valence-electron chi connectivity index (χ2n) is 12.5. The molecule has 0 aliphatic rings. The van der Waals surface area contributed by atoms with Crippen LogP contribution in [0.4, 0.5) is 11.4 Å². The summed E-state index contributed by atoms with van der Waals surface area (Å²) in [5.74, 6) is -2.71. The predicted molar refractivity (Wildman–Crippen MR) is 209 cm³/mol. The van der Waals surface area contributed by atoms with Gasteiger partial charge in [-0.1, -0.05) is 71.1 Å². The van der Waals surface area contributed by atoms with E-state index in [2.05, 4.69) is 32.0 Å². The second-order valence-corrected chi connectivity index (χ2v) is 17.0. The number of rotatable bonds is 19. The molecule has 0 heterocycles. The van der Waals surface area contributed by atoms with Crippen LogP contribution in [0.15, 0.2) is 82.6 Å². The highest BCUT2D eigenvalue weighted by Gasteiger charge is 2.30. The minimum Gasteiger partial charge on any atom is -0.480 e. The maximum atomic E-state index is 13.6. The molecule has 276 valence electrons. The van der Waals surface area contributed by atoms with Crippen LogP contribution < -0.4 is 19.2 Å². The molecule has 4 rings (SSSR count). The van der Waals surface area contributed by atoms with Gasteiger partial charge >= 0.3 is 11.9 Å². The van der Waals surface area contributed by atoms with Crippen molar-refractivity contribution in [1.29, 1.82) is 0 Å². The number of nitrogens with zero attached hydrogens (tertiary/aromatic N) is 3. The summed E-state index contributed by atoms with van der Waals surface area (Å²) in [5, 5.41) is 22.4. The monoisotopic (exact) mass is 853 g/mol. The maximum Gasteiger partial charge on any atom is 0.321 e. The summed E-state index contributed by atoms with van der Waals surface area (Å²) in [5.41, 5.74) is 1.62. The first-order chi connectivity index (χ1) is 24.1. The number of hydrogen-bond donors (Lipinski definition) is 4. The van der Waals surface area contributed by atoms with Gasteiger partial charge in [0, 0.05) is 78.6 Å². The van der Waals surface area contributed by atoms with Gasteiger partial charge in [-0.3, -0.25) is 9.59 Å². The number of benzene rings is 4. The van der Waals surface area contributed by atoms with Crippen molar-refractivity contribution in [2.24, 2.45) is 0 Å². The number of fused-ring (bicyclic) bond motifs is 2. The molecule has 4 aromatic carbocycles. The Morgan fingerprint density at radius 3 is 1.35 bits per heavy atom. The number of carboxylic acids is 2. The molecule has 0 spiro atoms. The van der Waals surface area contributed by atoms with Crippen molar-refractivity contribution >= 4 is 87.5 Å². The molecule has 0 saturated carbocycles. The van der Waals surface area contributed by atoms with Crippen molar-refractivity contribution < 1.29 is 36.6 Å². The molecule has 16 heteroatoms. The van der Waals surface area contributed by atoms with E-state index in [1.807, 2.05) is 55.0 Å². The fraction of sp³-hybridized carbons (Fsp3) is 0.371. The molecular weight excluding hydrogens is 809 g/mol. The fourth-order valence-corrected chi connectivity index (χ4v) is 9.22. The lowest BCUT2D eigenvalue weighted by Crippen LogP contribution is -2.45. The summed E-state index contributed by atoms with van der Waals surface area (Å²) in [6.07, 6.45) is 0.469. The van der Waals surface area contributed by atoms with E-state index >= 15 is 0 Å². The highest BCUT2D eigenvalue weighted by molar-refractivity contribution is 14.1. The zero-order valence-electron chi connectivity index (χ0n) is 28.9. The number of halogens is 1. The molecule has 0 aromatic heterocycles. The molecular formula is C35H44IN5O8S2. The summed E-state index contributed by atoms with van der Waals surface area (Å²) in [6.45, 7) is 0.701. The quantitative estimate of drug-likeness (QED) is 0.0786. The number of nitrogens with one attached hydrogen (secondary N) is 2. The lowest BCUT2D eigenvalue weighted by atomic mass is 10.1. The van der Waals surface area contributed by atoms with Gasteiger partial charge in [0.15, 0.2) is 0 Å². The molecule has 0 saturated heterocycles. The van der Waals surface area contributed by atoms with Gasteiger partial charge in [-0.05, 0) is 50.1 Å². The van der Waals surface area contributed by atoms with Crippen molar-refractivity contribution in [2.75, 3.05) is 62.1 Å². The van der Waals surface area contributed by atoms with Crippen LogP contribution >= 0.6 is 22.6 Å². The normalized spacial score (nSPS) is 13.4. The summed E-state index contributed by atoms with van der Waals surface area (Å²) < 4.78 is 59.9. The van der Waals surface area contributed by atoms with Crippen molar-refractivity contribution in [2.45, 2.75) is 41.1 Å². The van der Waals surface area contributed by atoms with Crippen LogP contribution in [0, 0.1) is 0 Å². The van der Waals surface area contributed by atoms with Crippen LogP contribution in [-0.4, -0.2) is 108 Å². The maximum absolute atomic E-state index is 13.6. The van der Waals surface area contributed by atoms with E-state index in [1.54, 1.807) is 48.5 Å². The van der Waals surface area contributed by atoms with Gasteiger partial charge in [-0.2, -0.15) is 9.44 Å². The fourth-order valence-electron chi connectivity index (χ4n) is 5.99. The van der Waals surface area contributed by atoms with Crippen LogP contribution in [-0.2, 0) is 29.6 Å². The average Bonchev–Trinajstić information content (AvgIpc) is 3.08. The smallest absolute Gasteiger partial charge is 0.321 e. The highest BCUT2D eigenvalue weighted by Crippen LogP contribution is 2.31. The third kappa shape index (κ3) is 9.87. The van der Waals surface area contributed by atoms with Gasteiger partial charge in [0.1, 0.15) is 12.1 Å². The minimum atomic E-state index is -4.27. The molecule has 2 unspecified atom stereocenters. The Morgan fingerprint density at radius 1 is 0.627 bits per heavy atom. The third-order valence-corrected chi connectivity index (χ3v) is 12.4. The van der Waals surface area contributed by atoms with E-state index in [0.717, 1.165) is 15.8 Å². The van der Waals surface area contributed by atoms with E-state index in [-0.39, 0.29) is 35.7 Å². The summed E-state index contributed by atoms with van der Waals surface area (Å²) >= 11 is 2.20. The zero-order valence-corrected chi connectivity index (χ0v) is 32.7. The number of aliphatic carboxylic acids is 2. The standard InChI is InChI=1S/C35H44IN5O8S2/c1-39(2)30-14-5-12-26-24(30)10-7-16-32(26)50(46,47)37-28(34(42)43)18-22-41(21-9-20-36)23-19-29(35(44)45)38-51(48,49)33-17-8-11-25-27(33)13-6-15-31(25)40(3)4/h5-8,10-17,28-29,37-38H,9,18-23H2,1-4H3,(H,42,43)(H,44,45). The van der Waals surface area contributed by atoms with Gasteiger partial charge in [0.2, 0.25) is 20.0 Å². The Bertz CT molecular complexity index is 1950. The van der Waals surface area contributed by atoms with Gasteiger partial charge in [-0.15, -0.1) is 0 Å². The Balaban J connectivity index is 1.50. The number of carboxylic acid groups (broad SMARTS) is 2. The Kier molecular flexibility index (Phi) is 13.7. The van der Waals surface area contributed by atoms with Crippen LogP contribution in [0.5, 0.6) is 0 Å². The molecule has 2 atom stereocenters. The van der Waals surface area contributed by atoms with E-state index in [4.69, 9.17) is 0 Å². The van der Waals surface area contributed by atoms with Gasteiger partial charge in [0.05, 0.1) is 9.79 Å². The largest absolute Gasteiger partial charge is 0.480 e. The number of anilines is 2. The summed E-state index contributed by atoms with van der Waals surface area (Å²) in [4.78, 5) is 30.1. The van der Waals surface area contributed by atoms with Gasteiger partial charge in [0.25, 0.3) is 0 Å². The molecule has 0 aliphatic heterocycles. The van der Waals surface area contributed by atoms with E-state index in [9.17, 15) is 36.6 Å². The van der Waals surface area contributed by atoms with Crippen molar-refractivity contribution in [3.8, 4) is 0 Å². The zero-order chi connectivity index (χ0) is 37.5. The Labute approximate surface area is 312 Å². The van der Waals surface area contributed by atoms with Crippen LogP contribution in [0.2, 0.25) is 0 Å². The SMILES string of the molecule is CN(C)c1cccc2c(S(=O)(=O)NC(CCN(CCCI)CCC(NS(=O)(=O)c3cccc4c(N(C)C)cccc34)C(=O)O)C(=O)O)cccc12. The van der Waals surface area contributed by atoms with E-state index < -0.39 is 44.1 Å². The van der Waals surface area contributed by atoms with E-state index in [0.29, 0.717) is 34.5 Å². The molecule has 4 N–H and O–H groups in total. The number of alkyl halides is 1. The van der Waals surface area contributed by atoms with E-state index in [1.165, 1.54) is 12.1 Å². The summed E-state index contributed by atoms with van der Waals surface area (Å²) in [7, 11) is -1.16. The molecule has 0 radical (unpaired) electrons. The summed E-state index contributed by atoms with van der Waals surface area (Å²) in [6, 6.07) is 17.3. The predicted octanol–water partition coefficient (Wildman–Crippen LogP) is 4.20. The molecule has 13 nitrogen and oxygen atoms in total. The number of sulfonamides is 2.